The second kappa shape index (κ2) is 8.59. The second-order valence-electron chi connectivity index (χ2n) is 6.50. The minimum Gasteiger partial charge on any atom is -0.508 e. The Hall–Kier alpha value is -2.62. The van der Waals surface area contributed by atoms with Gasteiger partial charge >= 0.3 is 0 Å². The summed E-state index contributed by atoms with van der Waals surface area (Å²) < 4.78 is 10.8. The summed E-state index contributed by atoms with van der Waals surface area (Å²) in [4.78, 5) is 0. The fraction of sp³-hybridized carbons (Fsp3) is 0.300. The molecule has 1 heterocycles. The third-order valence-corrected chi connectivity index (χ3v) is 4.38. The molecule has 0 unspecified atom stereocenters. The van der Waals surface area contributed by atoms with Crippen molar-refractivity contribution in [2.45, 2.75) is 30.7 Å². The van der Waals surface area contributed by atoms with Crippen LogP contribution in [0.1, 0.15) is 11.1 Å². The maximum atomic E-state index is 10.1. The lowest BCUT2D eigenvalue weighted by Crippen LogP contribution is -2.60. The van der Waals surface area contributed by atoms with Crippen LogP contribution < -0.4 is 4.74 Å². The van der Waals surface area contributed by atoms with E-state index in [2.05, 4.69) is 0 Å². The first-order chi connectivity index (χ1) is 13.4. The van der Waals surface area contributed by atoms with Gasteiger partial charge in [-0.1, -0.05) is 24.3 Å². The smallest absolute Gasteiger partial charge is 0.229 e. The van der Waals surface area contributed by atoms with Gasteiger partial charge in [0.05, 0.1) is 6.61 Å². The molecule has 5 atom stereocenters. The van der Waals surface area contributed by atoms with Crippen molar-refractivity contribution in [1.82, 2.24) is 0 Å². The summed E-state index contributed by atoms with van der Waals surface area (Å²) in [6.07, 6.45) is -3.52. The van der Waals surface area contributed by atoms with E-state index < -0.39 is 37.3 Å². The van der Waals surface area contributed by atoms with Crippen molar-refractivity contribution in [1.29, 1.82) is 0 Å². The Labute approximate surface area is 161 Å². The molecule has 1 fully saturated rings. The van der Waals surface area contributed by atoms with Crippen molar-refractivity contribution >= 4 is 12.2 Å². The van der Waals surface area contributed by atoms with Crippen LogP contribution in [0, 0.1) is 0 Å². The summed E-state index contributed by atoms with van der Waals surface area (Å²) in [7, 11) is 0. The highest BCUT2D eigenvalue weighted by Gasteiger charge is 2.44. The SMILES string of the molecule is OC[C@@H]1O[C@@H](Oc2cc(O)cc(/C=C/c3ccc(O)cc3)c2)[C@H](O)[C@@H](O)[C@@H]1O. The van der Waals surface area contributed by atoms with Crippen molar-refractivity contribution in [3.05, 3.63) is 53.6 Å². The van der Waals surface area contributed by atoms with E-state index in [9.17, 15) is 30.6 Å². The molecule has 0 bridgehead atoms. The molecule has 28 heavy (non-hydrogen) atoms. The maximum Gasteiger partial charge on any atom is 0.229 e. The molecule has 1 aliphatic heterocycles. The molecule has 0 aliphatic carbocycles. The number of aliphatic hydroxyl groups excluding tert-OH is 4. The van der Waals surface area contributed by atoms with Crippen LogP contribution in [0.15, 0.2) is 42.5 Å². The van der Waals surface area contributed by atoms with Gasteiger partial charge in [-0.15, -0.1) is 0 Å². The molecule has 0 saturated carbocycles. The summed E-state index contributed by atoms with van der Waals surface area (Å²) in [5.74, 6) is 0.229. The molecule has 150 valence electrons. The third-order valence-electron chi connectivity index (χ3n) is 4.38. The number of aromatic hydroxyl groups is 2. The fourth-order valence-electron chi connectivity index (χ4n) is 2.85. The molecule has 1 saturated heterocycles. The first-order valence-electron chi connectivity index (χ1n) is 8.65. The molecule has 1 aliphatic rings. The summed E-state index contributed by atoms with van der Waals surface area (Å²) in [5.41, 5.74) is 1.42. The molecular weight excluding hydrogens is 368 g/mol. The van der Waals surface area contributed by atoms with Crippen LogP contribution in [0.3, 0.4) is 0 Å². The Kier molecular flexibility index (Phi) is 6.18. The van der Waals surface area contributed by atoms with Gasteiger partial charge in [0.25, 0.3) is 0 Å². The van der Waals surface area contributed by atoms with E-state index in [0.717, 1.165) is 5.56 Å². The van der Waals surface area contributed by atoms with E-state index >= 15 is 0 Å². The molecule has 0 aromatic heterocycles. The summed E-state index contributed by atoms with van der Waals surface area (Å²) in [6.45, 7) is -0.564. The number of ether oxygens (including phenoxy) is 2. The molecule has 8 heteroatoms. The zero-order chi connectivity index (χ0) is 20.3. The quantitative estimate of drug-likeness (QED) is 0.405. The molecular formula is C20H22O8. The molecule has 3 rings (SSSR count). The first-order valence-corrected chi connectivity index (χ1v) is 8.65. The van der Waals surface area contributed by atoms with E-state index in [1.54, 1.807) is 42.5 Å². The van der Waals surface area contributed by atoms with Crippen molar-refractivity contribution in [3.8, 4) is 17.2 Å². The number of benzene rings is 2. The Morgan fingerprint density at radius 2 is 1.50 bits per heavy atom. The molecule has 0 radical (unpaired) electrons. The van der Waals surface area contributed by atoms with Crippen LogP contribution >= 0.6 is 0 Å². The zero-order valence-electron chi connectivity index (χ0n) is 14.8. The summed E-state index contributed by atoms with van der Waals surface area (Å²) in [6, 6.07) is 10.9. The highest BCUT2D eigenvalue weighted by Crippen LogP contribution is 2.28. The number of aliphatic hydroxyl groups is 4. The van der Waals surface area contributed by atoms with Gasteiger partial charge in [-0.25, -0.2) is 0 Å². The van der Waals surface area contributed by atoms with E-state index in [-0.39, 0.29) is 17.2 Å². The summed E-state index contributed by atoms with van der Waals surface area (Å²) in [5, 5.41) is 58.2. The van der Waals surface area contributed by atoms with Gasteiger partial charge in [-0.3, -0.25) is 0 Å². The number of phenolic OH excluding ortho intramolecular Hbond substituents is 2. The minimum absolute atomic E-state index is 0.0903. The van der Waals surface area contributed by atoms with Gasteiger partial charge < -0.3 is 40.1 Å². The van der Waals surface area contributed by atoms with Crippen LogP contribution in [-0.4, -0.2) is 68.0 Å². The lowest BCUT2D eigenvalue weighted by molar-refractivity contribution is -0.277. The third kappa shape index (κ3) is 4.61. The number of hydrogen-bond acceptors (Lipinski definition) is 8. The van der Waals surface area contributed by atoms with Gasteiger partial charge in [0.2, 0.25) is 6.29 Å². The lowest BCUT2D eigenvalue weighted by atomic mass is 9.99. The van der Waals surface area contributed by atoms with Crippen molar-refractivity contribution < 1.29 is 40.1 Å². The van der Waals surface area contributed by atoms with Crippen LogP contribution in [0.5, 0.6) is 17.2 Å². The predicted octanol–water partition coefficient (Wildman–Crippen LogP) is 0.447. The Balaban J connectivity index is 1.76. The topological polar surface area (TPSA) is 140 Å². The first kappa shape index (κ1) is 20.1. The second-order valence-corrected chi connectivity index (χ2v) is 6.50. The molecule has 0 amide bonds. The molecule has 6 N–H and O–H groups in total. The van der Waals surface area contributed by atoms with E-state index in [4.69, 9.17) is 9.47 Å². The summed E-state index contributed by atoms with van der Waals surface area (Å²) >= 11 is 0. The molecule has 0 spiro atoms. The predicted molar refractivity (Wildman–Crippen MR) is 99.5 cm³/mol. The van der Waals surface area contributed by atoms with Gasteiger partial charge in [0, 0.05) is 6.07 Å². The highest BCUT2D eigenvalue weighted by atomic mass is 16.7. The average Bonchev–Trinajstić information content (AvgIpc) is 2.67. The van der Waals surface area contributed by atoms with Gasteiger partial charge in [-0.05, 0) is 35.4 Å². The van der Waals surface area contributed by atoms with Gasteiger partial charge in [-0.2, -0.15) is 0 Å². The van der Waals surface area contributed by atoms with Crippen molar-refractivity contribution in [2.24, 2.45) is 0 Å². The number of hydrogen-bond donors (Lipinski definition) is 6. The Bertz CT molecular complexity index is 817. The number of rotatable bonds is 5. The van der Waals surface area contributed by atoms with Crippen molar-refractivity contribution in [3.63, 3.8) is 0 Å². The average molecular weight is 390 g/mol. The fourth-order valence-corrected chi connectivity index (χ4v) is 2.85. The molecule has 2 aromatic rings. The zero-order valence-corrected chi connectivity index (χ0v) is 14.8. The molecule has 2 aromatic carbocycles. The van der Waals surface area contributed by atoms with E-state index in [0.29, 0.717) is 5.56 Å². The normalized spacial score (nSPS) is 27.8. The highest BCUT2D eigenvalue weighted by molar-refractivity contribution is 5.71. The molecule has 8 nitrogen and oxygen atoms in total. The van der Waals surface area contributed by atoms with E-state index in [1.807, 2.05) is 0 Å². The lowest BCUT2D eigenvalue weighted by Gasteiger charge is -2.39. The Morgan fingerprint density at radius 3 is 2.18 bits per heavy atom. The van der Waals surface area contributed by atoms with Crippen LogP contribution in [-0.2, 0) is 4.74 Å². The number of phenols is 2. The largest absolute Gasteiger partial charge is 0.508 e. The minimum atomic E-state index is -1.55. The van der Waals surface area contributed by atoms with E-state index in [1.165, 1.54) is 12.1 Å². The van der Waals surface area contributed by atoms with Gasteiger partial charge in [0.1, 0.15) is 41.7 Å². The monoisotopic (exact) mass is 390 g/mol. The van der Waals surface area contributed by atoms with Crippen LogP contribution in [0.25, 0.3) is 12.2 Å². The maximum absolute atomic E-state index is 10.1. The van der Waals surface area contributed by atoms with Crippen LogP contribution in [0.2, 0.25) is 0 Å². The van der Waals surface area contributed by atoms with Gasteiger partial charge in [0.15, 0.2) is 0 Å². The Morgan fingerprint density at radius 1 is 0.821 bits per heavy atom. The van der Waals surface area contributed by atoms with Crippen LogP contribution in [0.4, 0.5) is 0 Å². The van der Waals surface area contributed by atoms with Crippen molar-refractivity contribution in [2.75, 3.05) is 6.61 Å². The standard InChI is InChI=1S/C20H22O8/c21-10-16-17(24)18(25)19(26)20(28-16)27-15-8-12(7-14(23)9-15)2-1-11-3-5-13(22)6-4-11/h1-9,16-26H,10H2/b2-1+/t16-,17+,18-,19+,20+/m0/s1.